The Bertz CT molecular complexity index is 336. The molecule has 3 heteroatoms. The summed E-state index contributed by atoms with van der Waals surface area (Å²) in [5.41, 5.74) is 1.26. The lowest BCUT2D eigenvalue weighted by molar-refractivity contribution is -0.0214. The first kappa shape index (κ1) is 12.1. The van der Waals surface area contributed by atoms with Crippen molar-refractivity contribution in [3.63, 3.8) is 0 Å². The zero-order valence-corrected chi connectivity index (χ0v) is 13.0. The predicted octanol–water partition coefficient (Wildman–Crippen LogP) is 4.12. The first-order valence-electron chi connectivity index (χ1n) is 5.14. The summed E-state index contributed by atoms with van der Waals surface area (Å²) in [7, 11) is 0. The summed E-state index contributed by atoms with van der Waals surface area (Å²) in [6.07, 6.45) is 2.77. The highest BCUT2D eigenvalue weighted by Gasteiger charge is 2.36. The Morgan fingerprint density at radius 1 is 1.40 bits per heavy atom. The highest BCUT2D eigenvalue weighted by molar-refractivity contribution is 14.1. The molecule has 1 saturated heterocycles. The fourth-order valence-corrected chi connectivity index (χ4v) is 3.03. The third-order valence-electron chi connectivity index (χ3n) is 3.00. The molecule has 1 heterocycles. The van der Waals surface area contributed by atoms with Crippen LogP contribution in [-0.2, 0) is 10.3 Å². The molecule has 1 aliphatic rings. The highest BCUT2D eigenvalue weighted by atomic mass is 127. The van der Waals surface area contributed by atoms with Crippen molar-refractivity contribution in [3.05, 3.63) is 33.4 Å². The molecule has 1 aliphatic heterocycles. The molecular weight excluding hydrogens is 414 g/mol. The number of hydrogen-bond donors (Lipinski definition) is 0. The average molecular weight is 428 g/mol. The minimum atomic E-state index is -0.0554. The van der Waals surface area contributed by atoms with Crippen molar-refractivity contribution in [2.24, 2.45) is 0 Å². The first-order chi connectivity index (χ1) is 7.14. The molecule has 1 aromatic rings. The van der Waals surface area contributed by atoms with E-state index >= 15 is 0 Å². The Morgan fingerprint density at radius 3 is 2.60 bits per heavy atom. The number of benzene rings is 1. The molecule has 1 aromatic carbocycles. The molecule has 0 spiro atoms. The maximum Gasteiger partial charge on any atom is 0.0908 e. The minimum absolute atomic E-state index is 0.0554. The largest absolute Gasteiger partial charge is 0.367 e. The van der Waals surface area contributed by atoms with Gasteiger partial charge in [0.15, 0.2) is 0 Å². The van der Waals surface area contributed by atoms with Gasteiger partial charge in [0.1, 0.15) is 0 Å². The standard InChI is InChI=1S/C12H14I2O/c1-12(7-6-11(8-13)15-12)9-2-4-10(14)5-3-9/h2-5,11H,6-8H2,1H3. The van der Waals surface area contributed by atoms with Gasteiger partial charge in [-0.3, -0.25) is 0 Å². The molecule has 0 aliphatic carbocycles. The summed E-state index contributed by atoms with van der Waals surface area (Å²) >= 11 is 4.74. The van der Waals surface area contributed by atoms with Gasteiger partial charge < -0.3 is 4.74 Å². The summed E-state index contributed by atoms with van der Waals surface area (Å²) in [5.74, 6) is 0. The molecule has 2 rings (SSSR count). The number of hydrogen-bond acceptors (Lipinski definition) is 1. The lowest BCUT2D eigenvalue weighted by Crippen LogP contribution is -2.22. The van der Waals surface area contributed by atoms with Crippen LogP contribution in [-0.4, -0.2) is 10.5 Å². The van der Waals surface area contributed by atoms with Crippen LogP contribution in [0.5, 0.6) is 0 Å². The van der Waals surface area contributed by atoms with E-state index in [1.165, 1.54) is 15.6 Å². The fourth-order valence-electron chi connectivity index (χ4n) is 2.05. The molecule has 1 nitrogen and oxygen atoms in total. The van der Waals surface area contributed by atoms with Crippen molar-refractivity contribution in [3.8, 4) is 0 Å². The van der Waals surface area contributed by atoms with E-state index < -0.39 is 0 Å². The zero-order chi connectivity index (χ0) is 10.9. The van der Waals surface area contributed by atoms with Crippen molar-refractivity contribution in [2.75, 3.05) is 4.43 Å². The van der Waals surface area contributed by atoms with Crippen LogP contribution in [0.4, 0.5) is 0 Å². The third-order valence-corrected chi connectivity index (χ3v) is 4.70. The van der Waals surface area contributed by atoms with Crippen LogP contribution in [0.1, 0.15) is 25.3 Å². The van der Waals surface area contributed by atoms with Gasteiger partial charge in [0.2, 0.25) is 0 Å². The molecule has 2 unspecified atom stereocenters. The van der Waals surface area contributed by atoms with Crippen molar-refractivity contribution < 1.29 is 4.74 Å². The van der Waals surface area contributed by atoms with Gasteiger partial charge in [-0.25, -0.2) is 0 Å². The van der Waals surface area contributed by atoms with Gasteiger partial charge in [-0.15, -0.1) is 0 Å². The first-order valence-corrected chi connectivity index (χ1v) is 7.74. The van der Waals surface area contributed by atoms with Crippen molar-refractivity contribution in [1.82, 2.24) is 0 Å². The Balaban J connectivity index is 2.20. The normalized spacial score (nSPS) is 30.7. The van der Waals surface area contributed by atoms with Gasteiger partial charge in [-0.05, 0) is 60.1 Å². The van der Waals surface area contributed by atoms with Gasteiger partial charge in [0.25, 0.3) is 0 Å². The number of halogens is 2. The average Bonchev–Trinajstić information content (AvgIpc) is 2.62. The number of rotatable bonds is 2. The summed E-state index contributed by atoms with van der Waals surface area (Å²) in [6, 6.07) is 8.69. The quantitative estimate of drug-likeness (QED) is 0.509. The topological polar surface area (TPSA) is 9.23 Å². The van der Waals surface area contributed by atoms with Gasteiger partial charge in [-0.1, -0.05) is 34.7 Å². The van der Waals surface area contributed by atoms with Crippen molar-refractivity contribution >= 4 is 45.2 Å². The van der Waals surface area contributed by atoms with E-state index in [9.17, 15) is 0 Å². The zero-order valence-electron chi connectivity index (χ0n) is 8.67. The van der Waals surface area contributed by atoms with E-state index in [-0.39, 0.29) is 5.60 Å². The summed E-state index contributed by atoms with van der Waals surface area (Å²) in [5, 5.41) is 0. The summed E-state index contributed by atoms with van der Waals surface area (Å²) in [6.45, 7) is 2.21. The Hall–Kier alpha value is 0.640. The van der Waals surface area contributed by atoms with E-state index in [2.05, 4.69) is 76.4 Å². The molecule has 0 N–H and O–H groups in total. The van der Waals surface area contributed by atoms with Crippen LogP contribution in [0.25, 0.3) is 0 Å². The van der Waals surface area contributed by atoms with Crippen LogP contribution in [0.3, 0.4) is 0 Å². The SMILES string of the molecule is CC1(c2ccc(I)cc2)CCC(CI)O1. The molecule has 82 valence electrons. The van der Waals surface area contributed by atoms with Crippen LogP contribution >= 0.6 is 45.2 Å². The van der Waals surface area contributed by atoms with Crippen molar-refractivity contribution in [1.29, 1.82) is 0 Å². The molecule has 2 atom stereocenters. The second-order valence-electron chi connectivity index (χ2n) is 4.17. The monoisotopic (exact) mass is 428 g/mol. The molecule has 0 amide bonds. The molecule has 0 aromatic heterocycles. The Kier molecular flexibility index (Phi) is 3.93. The fraction of sp³-hybridized carbons (Fsp3) is 0.500. The van der Waals surface area contributed by atoms with Crippen LogP contribution in [0, 0.1) is 3.57 Å². The predicted molar refractivity (Wildman–Crippen MR) is 79.5 cm³/mol. The maximum absolute atomic E-state index is 6.11. The van der Waals surface area contributed by atoms with E-state index in [1.54, 1.807) is 0 Å². The second-order valence-corrected chi connectivity index (χ2v) is 6.30. The molecule has 0 bridgehead atoms. The van der Waals surface area contributed by atoms with E-state index in [0.717, 1.165) is 10.8 Å². The molecule has 0 radical (unpaired) electrons. The smallest absolute Gasteiger partial charge is 0.0908 e. The van der Waals surface area contributed by atoms with Crippen LogP contribution in [0.2, 0.25) is 0 Å². The van der Waals surface area contributed by atoms with E-state index in [1.807, 2.05) is 0 Å². The highest BCUT2D eigenvalue weighted by Crippen LogP contribution is 2.39. The molecule has 1 fully saturated rings. The number of ether oxygens (including phenoxy) is 1. The Labute approximate surface area is 118 Å². The van der Waals surface area contributed by atoms with Gasteiger partial charge in [0, 0.05) is 8.00 Å². The van der Waals surface area contributed by atoms with E-state index in [4.69, 9.17) is 4.74 Å². The second kappa shape index (κ2) is 4.87. The molecular formula is C12H14I2O. The number of alkyl halides is 1. The van der Waals surface area contributed by atoms with Crippen LogP contribution in [0.15, 0.2) is 24.3 Å². The Morgan fingerprint density at radius 2 is 2.07 bits per heavy atom. The minimum Gasteiger partial charge on any atom is -0.367 e. The lowest BCUT2D eigenvalue weighted by Gasteiger charge is -2.25. The van der Waals surface area contributed by atoms with Gasteiger partial charge in [-0.2, -0.15) is 0 Å². The molecule has 0 saturated carbocycles. The third kappa shape index (κ3) is 2.66. The molecule has 15 heavy (non-hydrogen) atoms. The van der Waals surface area contributed by atoms with Crippen LogP contribution < -0.4 is 0 Å². The van der Waals surface area contributed by atoms with Gasteiger partial charge >= 0.3 is 0 Å². The van der Waals surface area contributed by atoms with Crippen molar-refractivity contribution in [2.45, 2.75) is 31.5 Å². The lowest BCUT2D eigenvalue weighted by atomic mass is 9.93. The van der Waals surface area contributed by atoms with Gasteiger partial charge in [0.05, 0.1) is 11.7 Å². The maximum atomic E-state index is 6.11. The summed E-state index contributed by atoms with van der Waals surface area (Å²) in [4.78, 5) is 0. The summed E-state index contributed by atoms with van der Waals surface area (Å²) < 4.78 is 8.49. The van der Waals surface area contributed by atoms with E-state index in [0.29, 0.717) is 6.10 Å².